The lowest BCUT2D eigenvalue weighted by atomic mass is 9.84. The van der Waals surface area contributed by atoms with E-state index < -0.39 is 5.54 Å². The average molecular weight is 292 g/mol. The number of rotatable bonds is 3. The predicted octanol–water partition coefficient (Wildman–Crippen LogP) is 3.88. The van der Waals surface area contributed by atoms with Gasteiger partial charge in [0.2, 0.25) is 5.91 Å². The van der Waals surface area contributed by atoms with Crippen LogP contribution in [-0.2, 0) is 10.3 Å². The average Bonchev–Trinajstić information content (AvgIpc) is 2.91. The minimum atomic E-state index is -0.570. The van der Waals surface area contributed by atoms with Crippen LogP contribution < -0.4 is 5.32 Å². The highest BCUT2D eigenvalue weighted by atomic mass is 16.1. The minimum Gasteiger partial charge on any atom is -0.361 e. The molecule has 22 heavy (non-hydrogen) atoms. The van der Waals surface area contributed by atoms with Crippen molar-refractivity contribution in [1.29, 1.82) is 0 Å². The fourth-order valence-corrected chi connectivity index (χ4v) is 3.02. The van der Waals surface area contributed by atoms with Crippen molar-refractivity contribution in [3.8, 4) is 0 Å². The number of nitrogens with one attached hydrogen (secondary N) is 2. The third-order valence-corrected chi connectivity index (χ3v) is 4.18. The largest absolute Gasteiger partial charge is 0.361 e. The van der Waals surface area contributed by atoms with Crippen molar-refractivity contribution in [2.75, 3.05) is 0 Å². The molecule has 1 amide bonds. The lowest BCUT2D eigenvalue weighted by molar-refractivity contribution is -0.120. The van der Waals surface area contributed by atoms with Gasteiger partial charge in [-0.15, -0.1) is 0 Å². The van der Waals surface area contributed by atoms with Gasteiger partial charge in [-0.2, -0.15) is 0 Å². The molecule has 3 rings (SSSR count). The van der Waals surface area contributed by atoms with E-state index in [1.54, 1.807) is 6.92 Å². The molecule has 0 spiro atoms. The highest BCUT2D eigenvalue weighted by Gasteiger charge is 2.32. The van der Waals surface area contributed by atoms with E-state index in [0.717, 1.165) is 22.0 Å². The van der Waals surface area contributed by atoms with Crippen molar-refractivity contribution < 1.29 is 4.79 Å². The molecule has 0 saturated carbocycles. The van der Waals surface area contributed by atoms with Gasteiger partial charge in [-0.1, -0.05) is 48.0 Å². The van der Waals surface area contributed by atoms with E-state index in [4.69, 9.17) is 0 Å². The Morgan fingerprint density at radius 2 is 1.77 bits per heavy atom. The number of benzene rings is 2. The standard InChI is InChI=1S/C19H20N2O/c1-13-8-10-15(11-9-13)19(3,21-14(2)22)17-12-20-18-7-5-4-6-16(17)18/h4-12,20H,1-3H3,(H,21,22)/t19-/m0/s1. The van der Waals surface area contributed by atoms with Crippen LogP contribution in [0.4, 0.5) is 0 Å². The Morgan fingerprint density at radius 3 is 2.45 bits per heavy atom. The third-order valence-electron chi connectivity index (χ3n) is 4.18. The first-order chi connectivity index (χ1) is 10.5. The quantitative estimate of drug-likeness (QED) is 0.756. The summed E-state index contributed by atoms with van der Waals surface area (Å²) in [6.45, 7) is 5.67. The monoisotopic (exact) mass is 292 g/mol. The predicted molar refractivity (Wildman–Crippen MR) is 89.7 cm³/mol. The topological polar surface area (TPSA) is 44.9 Å². The van der Waals surface area contributed by atoms with Crippen LogP contribution in [-0.4, -0.2) is 10.9 Å². The highest BCUT2D eigenvalue weighted by molar-refractivity contribution is 5.86. The van der Waals surface area contributed by atoms with E-state index >= 15 is 0 Å². The molecule has 0 aliphatic carbocycles. The number of hydrogen-bond acceptors (Lipinski definition) is 1. The number of para-hydroxylation sites is 1. The van der Waals surface area contributed by atoms with Crippen LogP contribution in [0.3, 0.4) is 0 Å². The third kappa shape index (κ3) is 2.39. The van der Waals surface area contributed by atoms with Crippen molar-refractivity contribution in [1.82, 2.24) is 10.3 Å². The zero-order valence-corrected chi connectivity index (χ0v) is 13.1. The summed E-state index contributed by atoms with van der Waals surface area (Å²) in [7, 11) is 0. The number of aromatic nitrogens is 1. The van der Waals surface area contributed by atoms with Crippen molar-refractivity contribution in [3.63, 3.8) is 0 Å². The number of aryl methyl sites for hydroxylation is 1. The van der Waals surface area contributed by atoms with Gasteiger partial charge in [0.25, 0.3) is 0 Å². The lowest BCUT2D eigenvalue weighted by Crippen LogP contribution is -2.43. The molecule has 112 valence electrons. The number of carbonyl (C=O) groups is 1. The van der Waals surface area contributed by atoms with E-state index in [9.17, 15) is 4.79 Å². The Balaban J connectivity index is 2.21. The van der Waals surface area contributed by atoms with Crippen molar-refractivity contribution >= 4 is 16.8 Å². The fourth-order valence-electron chi connectivity index (χ4n) is 3.02. The molecule has 2 aromatic carbocycles. The van der Waals surface area contributed by atoms with Crippen LogP contribution >= 0.6 is 0 Å². The molecule has 1 heterocycles. The molecule has 1 atom stereocenters. The van der Waals surface area contributed by atoms with Crippen molar-refractivity contribution in [2.24, 2.45) is 0 Å². The van der Waals surface area contributed by atoms with Crippen LogP contribution in [0, 0.1) is 6.92 Å². The van der Waals surface area contributed by atoms with Gasteiger partial charge in [-0.3, -0.25) is 4.79 Å². The Kier molecular flexibility index (Phi) is 3.49. The summed E-state index contributed by atoms with van der Waals surface area (Å²) in [5.41, 5.74) is 3.84. The summed E-state index contributed by atoms with van der Waals surface area (Å²) < 4.78 is 0. The molecule has 0 aliphatic heterocycles. The van der Waals surface area contributed by atoms with Gasteiger partial charge in [0.15, 0.2) is 0 Å². The first-order valence-electron chi connectivity index (χ1n) is 7.43. The van der Waals surface area contributed by atoms with Gasteiger partial charge in [-0.05, 0) is 25.5 Å². The SMILES string of the molecule is CC(=O)N[C@@](C)(c1ccc(C)cc1)c1c[nH]c2ccccc12. The highest BCUT2D eigenvalue weighted by Crippen LogP contribution is 2.34. The maximum absolute atomic E-state index is 11.8. The summed E-state index contributed by atoms with van der Waals surface area (Å²) in [6, 6.07) is 16.4. The molecule has 3 nitrogen and oxygen atoms in total. The summed E-state index contributed by atoms with van der Waals surface area (Å²) >= 11 is 0. The molecule has 0 saturated heterocycles. The molecule has 0 radical (unpaired) electrons. The number of carbonyl (C=O) groups excluding carboxylic acids is 1. The van der Waals surface area contributed by atoms with Crippen molar-refractivity contribution in [2.45, 2.75) is 26.3 Å². The normalized spacial score (nSPS) is 13.8. The Morgan fingerprint density at radius 1 is 1.09 bits per heavy atom. The molecular weight excluding hydrogens is 272 g/mol. The number of fused-ring (bicyclic) bond motifs is 1. The zero-order valence-electron chi connectivity index (χ0n) is 13.1. The van der Waals surface area contributed by atoms with Gasteiger partial charge in [0, 0.05) is 29.6 Å². The van der Waals surface area contributed by atoms with Crippen LogP contribution in [0.5, 0.6) is 0 Å². The van der Waals surface area contributed by atoms with Gasteiger partial charge in [-0.25, -0.2) is 0 Å². The molecular formula is C19H20N2O. The van der Waals surface area contributed by atoms with Gasteiger partial charge < -0.3 is 10.3 Å². The Labute approximate surface area is 130 Å². The molecule has 0 bridgehead atoms. The molecule has 3 aromatic rings. The van der Waals surface area contributed by atoms with E-state index in [-0.39, 0.29) is 5.91 Å². The van der Waals surface area contributed by atoms with Crippen molar-refractivity contribution in [3.05, 3.63) is 71.4 Å². The summed E-state index contributed by atoms with van der Waals surface area (Å²) in [4.78, 5) is 15.1. The van der Waals surface area contributed by atoms with Gasteiger partial charge in [0.1, 0.15) is 0 Å². The fraction of sp³-hybridized carbons (Fsp3) is 0.211. The molecule has 0 aliphatic rings. The van der Waals surface area contributed by atoms with Gasteiger partial charge in [0.05, 0.1) is 5.54 Å². The smallest absolute Gasteiger partial charge is 0.217 e. The minimum absolute atomic E-state index is 0.0478. The van der Waals surface area contributed by atoms with E-state index in [1.807, 2.05) is 24.4 Å². The molecule has 0 unspecified atom stereocenters. The van der Waals surface area contributed by atoms with Crippen LogP contribution in [0.1, 0.15) is 30.5 Å². The second-order valence-electron chi connectivity index (χ2n) is 5.92. The van der Waals surface area contributed by atoms with Crippen LogP contribution in [0.25, 0.3) is 10.9 Å². The van der Waals surface area contributed by atoms with E-state index in [1.165, 1.54) is 5.56 Å². The molecule has 3 heteroatoms. The van der Waals surface area contributed by atoms with Gasteiger partial charge >= 0.3 is 0 Å². The van der Waals surface area contributed by atoms with Crippen LogP contribution in [0.2, 0.25) is 0 Å². The lowest BCUT2D eigenvalue weighted by Gasteiger charge is -2.31. The zero-order chi connectivity index (χ0) is 15.7. The summed E-state index contributed by atoms with van der Waals surface area (Å²) in [6.07, 6.45) is 1.99. The number of H-pyrrole nitrogens is 1. The Hall–Kier alpha value is -2.55. The molecule has 0 fully saturated rings. The second-order valence-corrected chi connectivity index (χ2v) is 5.92. The molecule has 2 N–H and O–H groups in total. The summed E-state index contributed by atoms with van der Waals surface area (Å²) in [5.74, 6) is -0.0478. The summed E-state index contributed by atoms with van der Waals surface area (Å²) in [5, 5.41) is 4.25. The first-order valence-corrected chi connectivity index (χ1v) is 7.43. The maximum atomic E-state index is 11.8. The van der Waals surface area contributed by atoms with E-state index in [0.29, 0.717) is 0 Å². The number of aromatic amines is 1. The molecule has 1 aromatic heterocycles. The van der Waals surface area contributed by atoms with E-state index in [2.05, 4.69) is 54.5 Å². The number of amides is 1. The second kappa shape index (κ2) is 5.34. The first kappa shape index (κ1) is 14.4. The number of hydrogen-bond donors (Lipinski definition) is 2. The maximum Gasteiger partial charge on any atom is 0.217 e. The van der Waals surface area contributed by atoms with Crippen LogP contribution in [0.15, 0.2) is 54.7 Å². The Bertz CT molecular complexity index is 817.